The molecule has 2 nitrogen and oxygen atoms in total. The Morgan fingerprint density at radius 1 is 1.37 bits per heavy atom. The molecule has 0 radical (unpaired) electrons. The molecule has 0 saturated heterocycles. The average Bonchev–Trinajstić information content (AvgIpc) is 2.36. The maximum Gasteiger partial charge on any atom is 0.266 e. The van der Waals surface area contributed by atoms with E-state index in [4.69, 9.17) is 31.6 Å². The summed E-state index contributed by atoms with van der Waals surface area (Å²) in [5.74, 6) is 1.02. The molecule has 5 heteroatoms. The number of halogens is 2. The number of rotatable bonds is 4. The van der Waals surface area contributed by atoms with E-state index in [1.165, 1.54) is 0 Å². The summed E-state index contributed by atoms with van der Waals surface area (Å²) in [4.78, 5) is 0. The van der Waals surface area contributed by atoms with Gasteiger partial charge in [-0.1, -0.05) is 26.0 Å². The molecule has 0 N–H and O–H groups in total. The molecule has 1 heterocycles. The van der Waals surface area contributed by atoms with Crippen LogP contribution < -0.4 is 9.92 Å². The maximum absolute atomic E-state index is 6.01. The Morgan fingerprint density at radius 3 is 2.74 bits per heavy atom. The Labute approximate surface area is 126 Å². The van der Waals surface area contributed by atoms with E-state index in [0.717, 1.165) is 29.3 Å². The zero-order valence-corrected chi connectivity index (χ0v) is 14.2. The summed E-state index contributed by atoms with van der Waals surface area (Å²) in [6.07, 6.45) is 1.98. The number of benzene rings is 1. The lowest BCUT2D eigenvalue weighted by Gasteiger charge is -2.36. The van der Waals surface area contributed by atoms with Crippen LogP contribution >= 0.6 is 22.2 Å². The van der Waals surface area contributed by atoms with Crippen molar-refractivity contribution in [1.82, 2.24) is 0 Å². The van der Waals surface area contributed by atoms with Crippen molar-refractivity contribution < 1.29 is 9.47 Å². The van der Waals surface area contributed by atoms with Gasteiger partial charge in [0.1, 0.15) is 5.75 Å². The molecule has 106 valence electrons. The van der Waals surface area contributed by atoms with Gasteiger partial charge in [-0.2, -0.15) is 0 Å². The van der Waals surface area contributed by atoms with Crippen LogP contribution in [0.4, 0.5) is 0 Å². The van der Waals surface area contributed by atoms with E-state index in [0.29, 0.717) is 12.5 Å². The fourth-order valence-corrected chi connectivity index (χ4v) is 3.50. The van der Waals surface area contributed by atoms with Crippen molar-refractivity contribution in [3.63, 3.8) is 0 Å². The molecule has 0 aliphatic carbocycles. The lowest BCUT2D eigenvalue weighted by Crippen LogP contribution is -2.39. The highest BCUT2D eigenvalue weighted by Crippen LogP contribution is 2.34. The van der Waals surface area contributed by atoms with E-state index < -0.39 is 13.2 Å². The fourth-order valence-electron chi connectivity index (χ4n) is 2.11. The molecule has 1 aromatic carbocycles. The average molecular weight is 319 g/mol. The van der Waals surface area contributed by atoms with E-state index in [-0.39, 0.29) is 0 Å². The predicted octanol–water partition coefficient (Wildman–Crippen LogP) is 3.65. The summed E-state index contributed by atoms with van der Waals surface area (Å²) in [7, 11) is -1.81. The first kappa shape index (κ1) is 15.2. The topological polar surface area (TPSA) is 18.5 Å². The Balaban J connectivity index is 2.11. The highest BCUT2D eigenvalue weighted by molar-refractivity contribution is 7.39. The first-order chi connectivity index (χ1) is 8.89. The second-order valence-corrected chi connectivity index (χ2v) is 10.2. The molecule has 0 aromatic heterocycles. The van der Waals surface area contributed by atoms with Gasteiger partial charge in [-0.15, -0.1) is 22.2 Å². The Hall–Kier alpha value is -0.223. The SMILES string of the molecule is CC(C)CCC1(C)OCc2cc([SiH](Cl)Cl)ccc2O1. The maximum atomic E-state index is 6.01. The molecule has 1 atom stereocenters. The minimum Gasteiger partial charge on any atom is -0.462 e. The third kappa shape index (κ3) is 3.88. The molecule has 0 saturated carbocycles. The molecule has 0 bridgehead atoms. The van der Waals surface area contributed by atoms with Gasteiger partial charge in [0.15, 0.2) is 0 Å². The van der Waals surface area contributed by atoms with Crippen LogP contribution in [-0.2, 0) is 11.3 Å². The third-order valence-electron chi connectivity index (χ3n) is 3.37. The summed E-state index contributed by atoms with van der Waals surface area (Å²) in [5, 5.41) is 1.01. The lowest BCUT2D eigenvalue weighted by atomic mass is 10.0. The van der Waals surface area contributed by atoms with Crippen molar-refractivity contribution in [3.8, 4) is 5.75 Å². The molecular formula is C14H20Cl2O2Si. The minimum absolute atomic E-state index is 0.516. The van der Waals surface area contributed by atoms with Crippen molar-refractivity contribution in [3.05, 3.63) is 23.8 Å². The monoisotopic (exact) mass is 318 g/mol. The van der Waals surface area contributed by atoms with Gasteiger partial charge >= 0.3 is 0 Å². The van der Waals surface area contributed by atoms with E-state index in [1.807, 2.05) is 25.1 Å². The predicted molar refractivity (Wildman–Crippen MR) is 82.8 cm³/mol. The molecule has 1 aliphatic rings. The van der Waals surface area contributed by atoms with Crippen molar-refractivity contribution >= 4 is 34.8 Å². The largest absolute Gasteiger partial charge is 0.462 e. The van der Waals surface area contributed by atoms with E-state index in [9.17, 15) is 0 Å². The molecule has 0 fully saturated rings. The van der Waals surface area contributed by atoms with Gasteiger partial charge in [-0.05, 0) is 23.6 Å². The summed E-state index contributed by atoms with van der Waals surface area (Å²) < 4.78 is 11.9. The second-order valence-electron chi connectivity index (χ2n) is 5.62. The molecule has 0 spiro atoms. The van der Waals surface area contributed by atoms with E-state index >= 15 is 0 Å². The smallest absolute Gasteiger partial charge is 0.266 e. The Morgan fingerprint density at radius 2 is 2.11 bits per heavy atom. The van der Waals surface area contributed by atoms with Crippen molar-refractivity contribution in [1.29, 1.82) is 0 Å². The van der Waals surface area contributed by atoms with Gasteiger partial charge in [-0.25, -0.2) is 0 Å². The fraction of sp³-hybridized carbons (Fsp3) is 0.571. The highest BCUT2D eigenvalue weighted by Gasteiger charge is 2.32. The molecular weight excluding hydrogens is 299 g/mol. The third-order valence-corrected chi connectivity index (χ3v) is 5.75. The summed E-state index contributed by atoms with van der Waals surface area (Å²) in [6.45, 7) is 6.98. The van der Waals surface area contributed by atoms with E-state index in [1.54, 1.807) is 0 Å². The standard InChI is InChI=1S/C14H20Cl2O2Si/c1-10(2)6-7-14(3)17-9-11-8-12(19(15)16)4-5-13(11)18-14/h4-5,8,10,19H,6-7,9H2,1-3H3. The number of fused-ring (bicyclic) bond motifs is 1. The lowest BCUT2D eigenvalue weighted by molar-refractivity contribution is -0.198. The molecule has 19 heavy (non-hydrogen) atoms. The van der Waals surface area contributed by atoms with Gasteiger partial charge in [-0.3, -0.25) is 0 Å². The van der Waals surface area contributed by atoms with Crippen LogP contribution in [0.25, 0.3) is 0 Å². The summed E-state index contributed by atoms with van der Waals surface area (Å²) in [6, 6.07) is 5.93. The molecule has 1 aromatic rings. The Kier molecular flexibility index (Phi) is 4.82. The first-order valence-corrected chi connectivity index (χ1v) is 10.7. The van der Waals surface area contributed by atoms with E-state index in [2.05, 4.69) is 13.8 Å². The molecule has 1 aliphatic heterocycles. The van der Waals surface area contributed by atoms with Gasteiger partial charge in [0.25, 0.3) is 7.42 Å². The summed E-state index contributed by atoms with van der Waals surface area (Å²) >= 11 is 12.0. The number of hydrogen-bond acceptors (Lipinski definition) is 2. The van der Waals surface area contributed by atoms with Crippen LogP contribution in [0.2, 0.25) is 0 Å². The molecule has 2 rings (SSSR count). The van der Waals surface area contributed by atoms with Gasteiger partial charge in [0.05, 0.1) is 6.61 Å². The van der Waals surface area contributed by atoms with Gasteiger partial charge < -0.3 is 9.47 Å². The first-order valence-electron chi connectivity index (χ1n) is 6.63. The van der Waals surface area contributed by atoms with Gasteiger partial charge in [0, 0.05) is 18.9 Å². The van der Waals surface area contributed by atoms with Crippen LogP contribution in [0, 0.1) is 5.92 Å². The normalized spacial score (nSPS) is 22.5. The van der Waals surface area contributed by atoms with Gasteiger partial charge in [0.2, 0.25) is 5.79 Å². The highest BCUT2D eigenvalue weighted by atomic mass is 35.7. The second kappa shape index (κ2) is 6.04. The van der Waals surface area contributed by atoms with Crippen molar-refractivity contribution in [2.45, 2.75) is 46.0 Å². The Bertz CT molecular complexity index is 451. The zero-order valence-electron chi connectivity index (χ0n) is 11.6. The number of hydrogen-bond donors (Lipinski definition) is 0. The van der Waals surface area contributed by atoms with Crippen LogP contribution in [-0.4, -0.2) is 13.2 Å². The zero-order chi connectivity index (χ0) is 14.0. The van der Waals surface area contributed by atoms with Crippen molar-refractivity contribution in [2.24, 2.45) is 5.92 Å². The van der Waals surface area contributed by atoms with Crippen LogP contribution in [0.15, 0.2) is 18.2 Å². The van der Waals surface area contributed by atoms with Crippen molar-refractivity contribution in [2.75, 3.05) is 0 Å². The van der Waals surface area contributed by atoms with Crippen LogP contribution in [0.1, 0.15) is 39.2 Å². The number of ether oxygens (including phenoxy) is 2. The quantitative estimate of drug-likeness (QED) is 0.623. The minimum atomic E-state index is -1.81. The molecule has 1 unspecified atom stereocenters. The molecule has 0 amide bonds. The van der Waals surface area contributed by atoms with Crippen LogP contribution in [0.3, 0.4) is 0 Å². The summed E-state index contributed by atoms with van der Waals surface area (Å²) in [5.41, 5.74) is 1.04. The van der Waals surface area contributed by atoms with Crippen LogP contribution in [0.5, 0.6) is 5.75 Å².